The minimum absolute atomic E-state index is 0.257. The molecule has 0 bridgehead atoms. The molecule has 0 aliphatic carbocycles. The van der Waals surface area contributed by atoms with Gasteiger partial charge in [-0.25, -0.2) is 0 Å². The summed E-state index contributed by atoms with van der Waals surface area (Å²) in [5.41, 5.74) is 6.72. The number of hydrogen-bond acceptors (Lipinski definition) is 3. The Morgan fingerprint density at radius 2 is 1.90 bits per heavy atom. The molecule has 6 heteroatoms. The number of aromatic nitrogens is 1. The first-order valence-electron chi connectivity index (χ1n) is 5.88. The number of nitrogens with two attached hydrogens (primary N) is 1. The minimum atomic E-state index is -0.527. The van der Waals surface area contributed by atoms with Crippen LogP contribution in [-0.2, 0) is 0 Å². The van der Waals surface area contributed by atoms with Gasteiger partial charge in [-0.2, -0.15) is 0 Å². The lowest BCUT2D eigenvalue weighted by Gasteiger charge is -2.09. The average Bonchev–Trinajstić information content (AvgIpc) is 2.40. The van der Waals surface area contributed by atoms with Gasteiger partial charge in [0, 0.05) is 29.1 Å². The Kier molecular flexibility index (Phi) is 3.65. The number of anilines is 1. The van der Waals surface area contributed by atoms with E-state index in [-0.39, 0.29) is 11.1 Å². The summed E-state index contributed by atoms with van der Waals surface area (Å²) >= 11 is 0. The number of carbonyl (C=O) groups excluding carboxylic acids is 2. The van der Waals surface area contributed by atoms with Crippen LogP contribution in [-0.4, -0.2) is 16.8 Å². The van der Waals surface area contributed by atoms with E-state index in [2.05, 4.69) is 10.3 Å². The number of benzene rings is 1. The molecule has 1 heterocycles. The number of amides is 2. The first kappa shape index (κ1) is 13.5. The van der Waals surface area contributed by atoms with Gasteiger partial charge in [-0.15, -0.1) is 0 Å². The summed E-state index contributed by atoms with van der Waals surface area (Å²) in [6.07, 6.45) is 1.40. The van der Waals surface area contributed by atoms with E-state index in [4.69, 9.17) is 5.73 Å². The second-order valence-corrected chi connectivity index (χ2v) is 4.29. The zero-order valence-electron chi connectivity index (χ0n) is 10.8. The highest BCUT2D eigenvalue weighted by Crippen LogP contribution is 2.17. The van der Waals surface area contributed by atoms with E-state index in [0.717, 1.165) is 0 Å². The molecule has 2 aromatic rings. The van der Waals surface area contributed by atoms with Crippen molar-refractivity contribution in [2.75, 3.05) is 5.32 Å². The van der Waals surface area contributed by atoms with Crippen LogP contribution in [0.5, 0.6) is 0 Å². The number of carbonyl (C=O) groups is 2. The van der Waals surface area contributed by atoms with E-state index in [9.17, 15) is 14.4 Å². The molecule has 0 fully saturated rings. The van der Waals surface area contributed by atoms with Crippen LogP contribution in [0.25, 0.3) is 0 Å². The van der Waals surface area contributed by atoms with Gasteiger partial charge in [0.1, 0.15) is 0 Å². The quantitative estimate of drug-likeness (QED) is 0.776. The molecular formula is C14H13N3O3. The van der Waals surface area contributed by atoms with Crippen molar-refractivity contribution < 1.29 is 9.59 Å². The van der Waals surface area contributed by atoms with Gasteiger partial charge < -0.3 is 16.0 Å². The molecule has 0 aliphatic heterocycles. The van der Waals surface area contributed by atoms with Gasteiger partial charge in [0.15, 0.2) is 0 Å². The molecule has 0 saturated heterocycles. The van der Waals surface area contributed by atoms with Gasteiger partial charge in [-0.05, 0) is 36.8 Å². The van der Waals surface area contributed by atoms with Crippen LogP contribution >= 0.6 is 0 Å². The van der Waals surface area contributed by atoms with E-state index in [1.165, 1.54) is 24.4 Å². The number of aromatic amines is 1. The number of aryl methyl sites for hydroxylation is 1. The van der Waals surface area contributed by atoms with Gasteiger partial charge >= 0.3 is 0 Å². The number of pyridine rings is 1. The molecule has 1 aromatic carbocycles. The summed E-state index contributed by atoms with van der Waals surface area (Å²) in [4.78, 5) is 36.6. The molecule has 2 amide bonds. The van der Waals surface area contributed by atoms with E-state index in [1.807, 2.05) is 0 Å². The van der Waals surface area contributed by atoms with Gasteiger partial charge in [-0.3, -0.25) is 14.4 Å². The number of nitrogens with one attached hydrogen (secondary N) is 2. The average molecular weight is 271 g/mol. The fourth-order valence-electron chi connectivity index (χ4n) is 1.74. The highest BCUT2D eigenvalue weighted by molar-refractivity contribution is 6.04. The van der Waals surface area contributed by atoms with Crippen molar-refractivity contribution in [3.63, 3.8) is 0 Å². The normalized spacial score (nSPS) is 10.1. The number of rotatable bonds is 3. The number of hydrogen-bond donors (Lipinski definition) is 3. The Hall–Kier alpha value is -2.89. The Morgan fingerprint density at radius 3 is 2.50 bits per heavy atom. The maximum Gasteiger partial charge on any atom is 0.255 e. The number of H-pyrrole nitrogens is 1. The molecule has 6 nitrogen and oxygen atoms in total. The molecule has 0 spiro atoms. The summed E-state index contributed by atoms with van der Waals surface area (Å²) < 4.78 is 0. The van der Waals surface area contributed by atoms with Crippen LogP contribution in [0.2, 0.25) is 0 Å². The lowest BCUT2D eigenvalue weighted by molar-refractivity contribution is 0.0998. The molecular weight excluding hydrogens is 258 g/mol. The van der Waals surface area contributed by atoms with Crippen LogP contribution in [0, 0.1) is 6.92 Å². The summed E-state index contributed by atoms with van der Waals surface area (Å²) in [5, 5.41) is 2.68. The third-order valence-electron chi connectivity index (χ3n) is 2.80. The first-order valence-corrected chi connectivity index (χ1v) is 5.88. The largest absolute Gasteiger partial charge is 0.366 e. The van der Waals surface area contributed by atoms with Crippen LogP contribution in [0.15, 0.2) is 41.3 Å². The minimum Gasteiger partial charge on any atom is -0.366 e. The van der Waals surface area contributed by atoms with Gasteiger partial charge in [0.2, 0.25) is 11.5 Å². The molecule has 20 heavy (non-hydrogen) atoms. The van der Waals surface area contributed by atoms with Gasteiger partial charge in [0.05, 0.1) is 0 Å². The van der Waals surface area contributed by atoms with Crippen LogP contribution in [0.4, 0.5) is 5.69 Å². The zero-order valence-corrected chi connectivity index (χ0v) is 10.8. The number of primary amides is 1. The SMILES string of the molecule is Cc1cc(C(N)=O)ccc1NC(=O)c1cc[nH]c(=O)c1. The molecule has 4 N–H and O–H groups in total. The lowest BCUT2D eigenvalue weighted by atomic mass is 10.1. The van der Waals surface area contributed by atoms with Crippen molar-refractivity contribution in [1.82, 2.24) is 4.98 Å². The predicted octanol–water partition coefficient (Wildman–Crippen LogP) is 1.03. The molecule has 0 atom stereocenters. The Morgan fingerprint density at radius 1 is 1.15 bits per heavy atom. The standard InChI is InChI=1S/C14H13N3O3/c1-8-6-9(13(15)19)2-3-11(8)17-14(20)10-4-5-16-12(18)7-10/h2-7H,1H3,(H2,15,19)(H,16,18)(H,17,20). The van der Waals surface area contributed by atoms with E-state index in [0.29, 0.717) is 16.8 Å². The Balaban J connectivity index is 2.24. The molecule has 0 aliphatic rings. The molecule has 0 radical (unpaired) electrons. The van der Waals surface area contributed by atoms with Crippen molar-refractivity contribution in [2.24, 2.45) is 5.73 Å². The molecule has 0 saturated carbocycles. The fraction of sp³-hybridized carbons (Fsp3) is 0.0714. The highest BCUT2D eigenvalue weighted by Gasteiger charge is 2.09. The smallest absolute Gasteiger partial charge is 0.255 e. The van der Waals surface area contributed by atoms with E-state index >= 15 is 0 Å². The van der Waals surface area contributed by atoms with Crippen LogP contribution < -0.4 is 16.6 Å². The molecule has 102 valence electrons. The maximum absolute atomic E-state index is 12.0. The van der Waals surface area contributed by atoms with Crippen molar-refractivity contribution in [2.45, 2.75) is 6.92 Å². The van der Waals surface area contributed by atoms with E-state index < -0.39 is 11.8 Å². The van der Waals surface area contributed by atoms with Gasteiger partial charge in [0.25, 0.3) is 5.91 Å². The Labute approximate surface area is 114 Å². The molecule has 2 rings (SSSR count). The maximum atomic E-state index is 12.0. The van der Waals surface area contributed by atoms with Gasteiger partial charge in [-0.1, -0.05) is 0 Å². The molecule has 0 unspecified atom stereocenters. The monoisotopic (exact) mass is 271 g/mol. The molecule has 1 aromatic heterocycles. The van der Waals surface area contributed by atoms with Crippen molar-refractivity contribution in [3.05, 3.63) is 63.6 Å². The summed E-state index contributed by atoms with van der Waals surface area (Å²) in [6, 6.07) is 7.44. The van der Waals surface area contributed by atoms with Crippen molar-refractivity contribution >= 4 is 17.5 Å². The highest BCUT2D eigenvalue weighted by atomic mass is 16.2. The zero-order chi connectivity index (χ0) is 14.7. The second-order valence-electron chi connectivity index (χ2n) is 4.29. The summed E-state index contributed by atoms with van der Waals surface area (Å²) in [5.74, 6) is -0.924. The fourth-order valence-corrected chi connectivity index (χ4v) is 1.74. The van der Waals surface area contributed by atoms with Crippen molar-refractivity contribution in [3.8, 4) is 0 Å². The second kappa shape index (κ2) is 5.40. The van der Waals surface area contributed by atoms with Crippen molar-refractivity contribution in [1.29, 1.82) is 0 Å². The van der Waals surface area contributed by atoms with Crippen LogP contribution in [0.3, 0.4) is 0 Å². The predicted molar refractivity (Wildman–Crippen MR) is 74.7 cm³/mol. The third-order valence-corrected chi connectivity index (χ3v) is 2.80. The summed E-state index contributed by atoms with van der Waals surface area (Å²) in [7, 11) is 0. The third kappa shape index (κ3) is 2.92. The Bertz CT molecular complexity index is 734. The van der Waals surface area contributed by atoms with Crippen LogP contribution in [0.1, 0.15) is 26.3 Å². The van der Waals surface area contributed by atoms with E-state index in [1.54, 1.807) is 19.1 Å². The lowest BCUT2D eigenvalue weighted by Crippen LogP contribution is -2.17. The topological polar surface area (TPSA) is 105 Å². The first-order chi connectivity index (χ1) is 9.47. The summed E-state index contributed by atoms with van der Waals surface area (Å²) in [6.45, 7) is 1.75.